The molecule has 100 valence electrons. The summed E-state index contributed by atoms with van der Waals surface area (Å²) in [5.41, 5.74) is 7.11. The van der Waals surface area contributed by atoms with Gasteiger partial charge in [0.25, 0.3) is 0 Å². The van der Waals surface area contributed by atoms with E-state index in [4.69, 9.17) is 5.73 Å². The fraction of sp³-hybridized carbons (Fsp3) is 0.385. The Kier molecular flexibility index (Phi) is 2.67. The summed E-state index contributed by atoms with van der Waals surface area (Å²) in [4.78, 5) is 28.6. The minimum atomic E-state index is -0.749. The van der Waals surface area contributed by atoms with Crippen LogP contribution in [0.3, 0.4) is 0 Å². The molecular weight excluding hydrogens is 244 g/mol. The molecule has 6 heteroatoms. The Morgan fingerprint density at radius 3 is 2.63 bits per heavy atom. The number of carbonyl (C=O) groups is 1. The van der Waals surface area contributed by atoms with Crippen LogP contribution >= 0.6 is 0 Å². The van der Waals surface area contributed by atoms with Gasteiger partial charge in [-0.05, 0) is 31.0 Å². The highest BCUT2D eigenvalue weighted by Gasteiger charge is 2.36. The molecule has 0 spiro atoms. The van der Waals surface area contributed by atoms with Crippen LogP contribution in [0.4, 0.5) is 5.69 Å². The Hall–Kier alpha value is -2.08. The largest absolute Gasteiger partial charge is 0.324 e. The first-order chi connectivity index (χ1) is 9.07. The number of rotatable bonds is 2. The number of nitrogens with two attached hydrogens (primary N) is 1. The van der Waals surface area contributed by atoms with E-state index >= 15 is 0 Å². The van der Waals surface area contributed by atoms with Crippen LogP contribution in [0.5, 0.6) is 0 Å². The molecule has 1 aliphatic carbocycles. The molecule has 0 radical (unpaired) electrons. The number of anilines is 1. The number of nitrogens with one attached hydrogen (secondary N) is 3. The van der Waals surface area contributed by atoms with Crippen LogP contribution in [0.15, 0.2) is 23.0 Å². The standard InChI is InChI=1S/C13H16N4O2/c14-13(5-1-2-6-13)11(18)15-8-3-4-9-10(7-8)17-12(19)16-9/h3-4,7H,1-2,5-6,14H2,(H,15,18)(H2,16,17,19). The Balaban J connectivity index is 1.84. The summed E-state index contributed by atoms with van der Waals surface area (Å²) < 4.78 is 0. The molecule has 0 saturated heterocycles. The van der Waals surface area contributed by atoms with Crippen LogP contribution in [-0.4, -0.2) is 21.4 Å². The van der Waals surface area contributed by atoms with Crippen molar-refractivity contribution in [1.82, 2.24) is 9.97 Å². The van der Waals surface area contributed by atoms with Gasteiger partial charge in [-0.15, -0.1) is 0 Å². The van der Waals surface area contributed by atoms with Gasteiger partial charge < -0.3 is 21.0 Å². The predicted molar refractivity (Wildman–Crippen MR) is 72.9 cm³/mol. The van der Waals surface area contributed by atoms with Crippen LogP contribution in [0.2, 0.25) is 0 Å². The number of carbonyl (C=O) groups excluding carboxylic acids is 1. The molecule has 0 aliphatic heterocycles. The first kappa shape index (κ1) is 12.0. The predicted octanol–water partition coefficient (Wildman–Crippen LogP) is 1.07. The van der Waals surface area contributed by atoms with Crippen LogP contribution < -0.4 is 16.7 Å². The van der Waals surface area contributed by atoms with Gasteiger partial charge >= 0.3 is 5.69 Å². The number of aromatic amines is 2. The van der Waals surface area contributed by atoms with Crippen molar-refractivity contribution in [2.24, 2.45) is 5.73 Å². The van der Waals surface area contributed by atoms with Crippen molar-refractivity contribution in [2.75, 3.05) is 5.32 Å². The molecule has 1 heterocycles. The zero-order chi connectivity index (χ0) is 13.5. The molecule has 1 aromatic carbocycles. The van der Waals surface area contributed by atoms with E-state index in [1.165, 1.54) is 0 Å². The van der Waals surface area contributed by atoms with Gasteiger partial charge in [-0.1, -0.05) is 12.8 Å². The number of hydrogen-bond acceptors (Lipinski definition) is 3. The third-order valence-corrected chi connectivity index (χ3v) is 3.72. The second kappa shape index (κ2) is 4.24. The number of aromatic nitrogens is 2. The summed E-state index contributed by atoms with van der Waals surface area (Å²) >= 11 is 0. The third-order valence-electron chi connectivity index (χ3n) is 3.72. The van der Waals surface area contributed by atoms with Gasteiger partial charge in [-0.25, -0.2) is 4.79 Å². The minimum absolute atomic E-state index is 0.151. The van der Waals surface area contributed by atoms with Crippen molar-refractivity contribution >= 4 is 22.6 Å². The van der Waals surface area contributed by atoms with E-state index < -0.39 is 5.54 Å². The van der Waals surface area contributed by atoms with E-state index in [1.807, 2.05) is 0 Å². The van der Waals surface area contributed by atoms with Crippen molar-refractivity contribution in [1.29, 1.82) is 0 Å². The zero-order valence-electron chi connectivity index (χ0n) is 10.5. The first-order valence-corrected chi connectivity index (χ1v) is 6.39. The molecule has 0 bridgehead atoms. The summed E-state index contributed by atoms with van der Waals surface area (Å²) in [5, 5.41) is 2.83. The highest BCUT2D eigenvalue weighted by molar-refractivity contribution is 5.99. The molecule has 0 atom stereocenters. The van der Waals surface area contributed by atoms with Crippen molar-refractivity contribution in [3.05, 3.63) is 28.7 Å². The summed E-state index contributed by atoms with van der Waals surface area (Å²) in [5.74, 6) is -0.151. The van der Waals surface area contributed by atoms with Gasteiger partial charge in [-0.3, -0.25) is 4.79 Å². The highest BCUT2D eigenvalue weighted by atomic mass is 16.2. The van der Waals surface area contributed by atoms with E-state index in [0.29, 0.717) is 16.7 Å². The van der Waals surface area contributed by atoms with E-state index in [-0.39, 0.29) is 11.6 Å². The van der Waals surface area contributed by atoms with Crippen molar-refractivity contribution < 1.29 is 4.79 Å². The molecule has 1 saturated carbocycles. The maximum Gasteiger partial charge on any atom is 0.323 e. The Bertz CT molecular complexity index is 679. The lowest BCUT2D eigenvalue weighted by Crippen LogP contribution is -2.48. The molecule has 1 fully saturated rings. The number of benzene rings is 1. The number of amides is 1. The number of hydrogen-bond donors (Lipinski definition) is 4. The van der Waals surface area contributed by atoms with E-state index in [2.05, 4.69) is 15.3 Å². The van der Waals surface area contributed by atoms with Gasteiger partial charge in [0.05, 0.1) is 16.6 Å². The van der Waals surface area contributed by atoms with Crippen molar-refractivity contribution in [3.8, 4) is 0 Å². The lowest BCUT2D eigenvalue weighted by atomic mass is 9.98. The molecule has 0 unspecified atom stereocenters. The maximum atomic E-state index is 12.2. The molecule has 19 heavy (non-hydrogen) atoms. The number of fused-ring (bicyclic) bond motifs is 1. The second-order valence-corrected chi connectivity index (χ2v) is 5.16. The molecule has 1 aromatic heterocycles. The van der Waals surface area contributed by atoms with E-state index in [9.17, 15) is 9.59 Å². The summed E-state index contributed by atoms with van der Waals surface area (Å²) in [6.07, 6.45) is 3.44. The summed E-state index contributed by atoms with van der Waals surface area (Å²) in [6.45, 7) is 0. The second-order valence-electron chi connectivity index (χ2n) is 5.16. The lowest BCUT2D eigenvalue weighted by Gasteiger charge is -2.22. The normalized spacial score (nSPS) is 17.7. The average Bonchev–Trinajstić information content (AvgIpc) is 2.95. The van der Waals surface area contributed by atoms with Gasteiger partial charge in [0.2, 0.25) is 5.91 Å². The maximum absolute atomic E-state index is 12.2. The molecule has 2 aromatic rings. The monoisotopic (exact) mass is 260 g/mol. The molecule has 6 nitrogen and oxygen atoms in total. The summed E-state index contributed by atoms with van der Waals surface area (Å²) in [7, 11) is 0. The minimum Gasteiger partial charge on any atom is -0.324 e. The molecule has 5 N–H and O–H groups in total. The highest BCUT2D eigenvalue weighted by Crippen LogP contribution is 2.28. The Morgan fingerprint density at radius 2 is 1.89 bits per heavy atom. The Morgan fingerprint density at radius 1 is 1.21 bits per heavy atom. The average molecular weight is 260 g/mol. The molecule has 1 aliphatic rings. The SMILES string of the molecule is NC1(C(=O)Nc2ccc3[nH]c(=O)[nH]c3c2)CCCC1. The number of H-pyrrole nitrogens is 2. The fourth-order valence-electron chi connectivity index (χ4n) is 2.60. The molecule has 1 amide bonds. The van der Waals surface area contributed by atoms with Gasteiger partial charge in [-0.2, -0.15) is 0 Å². The quantitative estimate of drug-likeness (QED) is 0.649. The topological polar surface area (TPSA) is 104 Å². The lowest BCUT2D eigenvalue weighted by molar-refractivity contribution is -0.121. The van der Waals surface area contributed by atoms with E-state index in [0.717, 1.165) is 25.7 Å². The van der Waals surface area contributed by atoms with E-state index in [1.54, 1.807) is 18.2 Å². The van der Waals surface area contributed by atoms with Crippen LogP contribution in [0, 0.1) is 0 Å². The van der Waals surface area contributed by atoms with Gasteiger partial charge in [0, 0.05) is 5.69 Å². The Labute approximate surface area is 109 Å². The fourth-order valence-corrected chi connectivity index (χ4v) is 2.60. The van der Waals surface area contributed by atoms with Gasteiger partial charge in [0.15, 0.2) is 0 Å². The van der Waals surface area contributed by atoms with Crippen molar-refractivity contribution in [3.63, 3.8) is 0 Å². The summed E-state index contributed by atoms with van der Waals surface area (Å²) in [6, 6.07) is 5.23. The van der Waals surface area contributed by atoms with Crippen LogP contribution in [-0.2, 0) is 4.79 Å². The van der Waals surface area contributed by atoms with Crippen LogP contribution in [0.1, 0.15) is 25.7 Å². The van der Waals surface area contributed by atoms with Crippen molar-refractivity contribution in [2.45, 2.75) is 31.2 Å². The zero-order valence-corrected chi connectivity index (χ0v) is 10.5. The molecule has 3 rings (SSSR count). The smallest absolute Gasteiger partial charge is 0.323 e. The van der Waals surface area contributed by atoms with Crippen LogP contribution in [0.25, 0.3) is 11.0 Å². The first-order valence-electron chi connectivity index (χ1n) is 6.39. The number of imidazole rings is 1. The molecular formula is C13H16N4O2. The van der Waals surface area contributed by atoms with Gasteiger partial charge in [0.1, 0.15) is 0 Å². The third kappa shape index (κ3) is 2.15.